The van der Waals surface area contributed by atoms with Crippen LogP contribution in [0.15, 0.2) is 0 Å². The van der Waals surface area contributed by atoms with Crippen molar-refractivity contribution in [3.8, 4) is 0 Å². The first-order chi connectivity index (χ1) is 11.7. The van der Waals surface area contributed by atoms with Crippen molar-refractivity contribution in [1.29, 1.82) is 0 Å². The van der Waals surface area contributed by atoms with Crippen molar-refractivity contribution >= 4 is 12.1 Å². The zero-order valence-corrected chi connectivity index (χ0v) is 14.4. The highest BCUT2D eigenvalue weighted by Crippen LogP contribution is 2.09. The summed E-state index contributed by atoms with van der Waals surface area (Å²) < 4.78 is 6.50. The molecule has 0 fully saturated rings. The van der Waals surface area contributed by atoms with Crippen molar-refractivity contribution in [2.75, 3.05) is 6.54 Å². The molecule has 0 saturated carbocycles. The molecular formula is C13H20N8O4. The molecule has 0 aliphatic rings. The first kappa shape index (κ1) is 18.3. The lowest BCUT2D eigenvalue weighted by Crippen LogP contribution is -2.34. The number of carbonyl (C=O) groups excluding carboxylic acids is 1. The summed E-state index contributed by atoms with van der Waals surface area (Å²) in [5.41, 5.74) is -0.456. The van der Waals surface area contributed by atoms with Gasteiger partial charge in [0.15, 0.2) is 11.5 Å². The molecule has 12 heteroatoms. The first-order valence-electron chi connectivity index (χ1n) is 7.51. The maximum absolute atomic E-state index is 11.7. The van der Waals surface area contributed by atoms with E-state index in [0.717, 1.165) is 0 Å². The average molecular weight is 352 g/mol. The van der Waals surface area contributed by atoms with Crippen LogP contribution in [0.3, 0.4) is 0 Å². The fraction of sp³-hybridized carbons (Fsp3) is 0.615. The molecule has 25 heavy (non-hydrogen) atoms. The number of alkyl carbamates (subject to hydrolysis) is 1. The van der Waals surface area contributed by atoms with Gasteiger partial charge in [0.25, 0.3) is 0 Å². The van der Waals surface area contributed by atoms with E-state index < -0.39 is 17.7 Å². The molecule has 2 N–H and O–H groups in total. The maximum Gasteiger partial charge on any atom is 0.407 e. The van der Waals surface area contributed by atoms with Gasteiger partial charge in [0, 0.05) is 13.0 Å². The number of rotatable bonds is 6. The highest BCUT2D eigenvalue weighted by atomic mass is 16.6. The normalized spacial score (nSPS) is 11.4. The van der Waals surface area contributed by atoms with Crippen molar-refractivity contribution < 1.29 is 19.4 Å². The number of nitrogens with zero attached hydrogens (tertiary/aromatic N) is 7. The molecule has 0 aliphatic carbocycles. The molecule has 0 spiro atoms. The number of amides is 1. The quantitative estimate of drug-likeness (QED) is 0.708. The van der Waals surface area contributed by atoms with E-state index in [1.54, 1.807) is 27.8 Å². The number of aromatic nitrogens is 7. The molecule has 2 heterocycles. The Labute approximate surface area is 143 Å². The molecule has 0 radical (unpaired) electrons. The molecule has 0 unspecified atom stereocenters. The van der Waals surface area contributed by atoms with Gasteiger partial charge in [-0.15, -0.1) is 15.3 Å². The molecule has 12 nitrogen and oxygen atoms in total. The number of aromatic carboxylic acids is 1. The third kappa shape index (κ3) is 5.22. The summed E-state index contributed by atoms with van der Waals surface area (Å²) in [5, 5.41) is 30.8. The number of hydrogen-bond donors (Lipinski definition) is 2. The number of tetrazole rings is 1. The summed E-state index contributed by atoms with van der Waals surface area (Å²) in [6.45, 7) is 5.54. The van der Waals surface area contributed by atoms with E-state index in [0.29, 0.717) is 11.5 Å². The van der Waals surface area contributed by atoms with Gasteiger partial charge in [0.2, 0.25) is 0 Å². The van der Waals surface area contributed by atoms with Crippen LogP contribution in [0, 0.1) is 0 Å². The van der Waals surface area contributed by atoms with Crippen molar-refractivity contribution in [2.24, 2.45) is 7.05 Å². The molecule has 136 valence electrons. The summed E-state index contributed by atoms with van der Waals surface area (Å²) in [7, 11) is 1.62. The van der Waals surface area contributed by atoms with Crippen molar-refractivity contribution in [3.63, 3.8) is 0 Å². The number of hydrogen-bond acceptors (Lipinski definition) is 8. The number of carbonyl (C=O) groups is 2. The van der Waals surface area contributed by atoms with Crippen LogP contribution in [0.2, 0.25) is 0 Å². The predicted molar refractivity (Wildman–Crippen MR) is 82.8 cm³/mol. The zero-order valence-electron chi connectivity index (χ0n) is 14.4. The first-order valence-corrected chi connectivity index (χ1v) is 7.51. The summed E-state index contributed by atoms with van der Waals surface area (Å²) in [6, 6.07) is 0. The van der Waals surface area contributed by atoms with Gasteiger partial charge in [-0.25, -0.2) is 14.3 Å². The van der Waals surface area contributed by atoms with Gasteiger partial charge in [-0.2, -0.15) is 4.80 Å². The minimum atomic E-state index is -1.20. The van der Waals surface area contributed by atoms with E-state index in [4.69, 9.17) is 4.74 Å². The van der Waals surface area contributed by atoms with E-state index in [1.807, 2.05) is 0 Å². The van der Waals surface area contributed by atoms with E-state index in [2.05, 4.69) is 31.0 Å². The summed E-state index contributed by atoms with van der Waals surface area (Å²) in [4.78, 5) is 24.3. The molecule has 1 amide bonds. The van der Waals surface area contributed by atoms with Crippen LogP contribution in [0.25, 0.3) is 0 Å². The van der Waals surface area contributed by atoms with Gasteiger partial charge in [0.1, 0.15) is 12.1 Å². The lowest BCUT2D eigenvalue weighted by Gasteiger charge is -2.19. The lowest BCUT2D eigenvalue weighted by atomic mass is 10.2. The molecule has 2 rings (SSSR count). The number of nitrogens with one attached hydrogen (secondary N) is 1. The minimum absolute atomic E-state index is 0.121. The van der Waals surface area contributed by atoms with Crippen molar-refractivity contribution in [1.82, 2.24) is 40.5 Å². The van der Waals surface area contributed by atoms with Crippen LogP contribution < -0.4 is 5.32 Å². The van der Waals surface area contributed by atoms with Crippen molar-refractivity contribution in [3.05, 3.63) is 17.2 Å². The van der Waals surface area contributed by atoms with Gasteiger partial charge in [-0.1, -0.05) is 5.21 Å². The number of carboxylic acid groups (broad SMARTS) is 1. The Balaban J connectivity index is 2.06. The van der Waals surface area contributed by atoms with E-state index in [-0.39, 0.29) is 25.2 Å². The van der Waals surface area contributed by atoms with Crippen LogP contribution in [-0.2, 0) is 24.8 Å². The average Bonchev–Trinajstić information content (AvgIpc) is 3.04. The smallest absolute Gasteiger partial charge is 0.407 e. The second kappa shape index (κ2) is 7.23. The predicted octanol–water partition coefficient (Wildman–Crippen LogP) is -0.385. The molecule has 2 aromatic rings. The second-order valence-electron chi connectivity index (χ2n) is 6.22. The van der Waals surface area contributed by atoms with Gasteiger partial charge in [-0.3, -0.25) is 0 Å². The monoisotopic (exact) mass is 352 g/mol. The Kier molecular flexibility index (Phi) is 5.29. The molecule has 0 aromatic carbocycles. The Morgan fingerprint density at radius 3 is 2.52 bits per heavy atom. The summed E-state index contributed by atoms with van der Waals surface area (Å²) in [6.07, 6.45) is -0.382. The lowest BCUT2D eigenvalue weighted by molar-refractivity contribution is 0.0528. The van der Waals surface area contributed by atoms with E-state index in [1.165, 1.54) is 9.48 Å². The molecule has 0 atom stereocenters. The van der Waals surface area contributed by atoms with Gasteiger partial charge < -0.3 is 15.2 Å². The molecule has 0 saturated heterocycles. The Hall–Kier alpha value is -3.05. The number of ether oxygens (including phenoxy) is 1. The molecule has 0 aliphatic heterocycles. The second-order valence-corrected chi connectivity index (χ2v) is 6.22. The largest absolute Gasteiger partial charge is 0.476 e. The van der Waals surface area contributed by atoms with E-state index >= 15 is 0 Å². The zero-order chi connectivity index (χ0) is 18.6. The van der Waals surface area contributed by atoms with Crippen LogP contribution in [-0.4, -0.2) is 64.5 Å². The topological polar surface area (TPSA) is 150 Å². The van der Waals surface area contributed by atoms with Crippen LogP contribution >= 0.6 is 0 Å². The van der Waals surface area contributed by atoms with Crippen LogP contribution in [0.1, 0.15) is 42.8 Å². The third-order valence-electron chi connectivity index (χ3n) is 2.91. The fourth-order valence-corrected chi connectivity index (χ4v) is 1.99. The number of carboxylic acids is 1. The maximum atomic E-state index is 11.7. The fourth-order valence-electron chi connectivity index (χ4n) is 1.99. The molecular weight excluding hydrogens is 332 g/mol. The molecule has 0 bridgehead atoms. The molecule has 2 aromatic heterocycles. The van der Waals surface area contributed by atoms with E-state index in [9.17, 15) is 14.7 Å². The van der Waals surface area contributed by atoms with Crippen LogP contribution in [0.4, 0.5) is 4.79 Å². The third-order valence-corrected chi connectivity index (χ3v) is 2.91. The number of aryl methyl sites for hydroxylation is 1. The Bertz CT molecular complexity index is 760. The SMILES string of the molecule is Cn1nnc(Cn2nnc(C(=O)O)c2CCNC(=O)OC(C)(C)C)n1. The Morgan fingerprint density at radius 2 is 1.96 bits per heavy atom. The Morgan fingerprint density at radius 1 is 1.24 bits per heavy atom. The van der Waals surface area contributed by atoms with Gasteiger partial charge >= 0.3 is 12.1 Å². The standard InChI is InChI=1S/C13H20N8O4/c1-13(2,3)25-12(24)14-6-5-8-10(11(22)23)16-19-21(8)7-9-15-18-20(4)17-9/h5-7H2,1-4H3,(H,14,24)(H,22,23). The van der Waals surface area contributed by atoms with Crippen LogP contribution in [0.5, 0.6) is 0 Å². The minimum Gasteiger partial charge on any atom is -0.476 e. The summed E-state index contributed by atoms with van der Waals surface area (Å²) in [5.74, 6) is -0.837. The van der Waals surface area contributed by atoms with Gasteiger partial charge in [0.05, 0.1) is 12.7 Å². The van der Waals surface area contributed by atoms with Crippen molar-refractivity contribution in [2.45, 2.75) is 39.3 Å². The highest BCUT2D eigenvalue weighted by Gasteiger charge is 2.21. The summed E-state index contributed by atoms with van der Waals surface area (Å²) >= 11 is 0. The highest BCUT2D eigenvalue weighted by molar-refractivity contribution is 5.86. The van der Waals surface area contributed by atoms with Gasteiger partial charge in [-0.05, 0) is 26.0 Å².